The fourth-order valence-electron chi connectivity index (χ4n) is 3.34. The summed E-state index contributed by atoms with van der Waals surface area (Å²) in [5.41, 5.74) is 0.372. The average molecular weight is 319 g/mol. The van der Waals surface area contributed by atoms with Gasteiger partial charge >= 0.3 is 6.18 Å². The predicted octanol–water partition coefficient (Wildman–Crippen LogP) is 6.07. The van der Waals surface area contributed by atoms with Gasteiger partial charge in [0, 0.05) is 5.38 Å². The maximum absolute atomic E-state index is 12.6. The van der Waals surface area contributed by atoms with Crippen LogP contribution < -0.4 is 0 Å². The Kier molecular flexibility index (Phi) is 5.59. The van der Waals surface area contributed by atoms with Gasteiger partial charge in [0.15, 0.2) is 0 Å². The molecule has 0 spiro atoms. The lowest BCUT2D eigenvalue weighted by atomic mass is 9.76. The van der Waals surface area contributed by atoms with E-state index >= 15 is 0 Å². The summed E-state index contributed by atoms with van der Waals surface area (Å²) >= 11 is 6.42. The molecule has 0 aliphatic heterocycles. The third-order valence-corrected chi connectivity index (χ3v) is 5.05. The van der Waals surface area contributed by atoms with Gasteiger partial charge in [0.05, 0.1) is 5.56 Å². The summed E-state index contributed by atoms with van der Waals surface area (Å²) in [7, 11) is 0. The first-order valence-electron chi connectivity index (χ1n) is 7.70. The van der Waals surface area contributed by atoms with Gasteiger partial charge in [0.2, 0.25) is 0 Å². The molecule has 0 bridgehead atoms. The molecule has 1 aromatic carbocycles. The number of hydrogen-bond acceptors (Lipinski definition) is 0. The summed E-state index contributed by atoms with van der Waals surface area (Å²) in [6.07, 6.45) is 2.25. The normalized spacial score (nSPS) is 26.8. The molecule has 3 unspecified atom stereocenters. The number of alkyl halides is 4. The van der Waals surface area contributed by atoms with Gasteiger partial charge in [-0.1, -0.05) is 31.9 Å². The maximum atomic E-state index is 12.6. The molecular formula is C17H22ClF3. The van der Waals surface area contributed by atoms with Crippen LogP contribution in [0.15, 0.2) is 24.3 Å². The predicted molar refractivity (Wildman–Crippen MR) is 80.5 cm³/mol. The molecule has 3 atom stereocenters. The van der Waals surface area contributed by atoms with E-state index in [1.165, 1.54) is 31.4 Å². The molecule has 0 saturated heterocycles. The molecular weight excluding hydrogens is 297 g/mol. The van der Waals surface area contributed by atoms with E-state index in [9.17, 15) is 13.2 Å². The lowest BCUT2D eigenvalue weighted by molar-refractivity contribution is -0.137. The third-order valence-electron chi connectivity index (χ3n) is 4.47. The molecule has 1 aromatic rings. The van der Waals surface area contributed by atoms with Gasteiger partial charge in [-0.25, -0.2) is 0 Å². The van der Waals surface area contributed by atoms with Crippen molar-refractivity contribution in [3.8, 4) is 0 Å². The molecule has 0 radical (unpaired) electrons. The second-order valence-corrected chi connectivity index (χ2v) is 6.70. The lowest BCUT2D eigenvalue weighted by Crippen LogP contribution is -2.27. The van der Waals surface area contributed by atoms with Gasteiger partial charge in [0.1, 0.15) is 0 Å². The van der Waals surface area contributed by atoms with Crippen molar-refractivity contribution in [3.05, 3.63) is 35.4 Å². The molecule has 2 rings (SSSR count). The molecule has 1 aliphatic carbocycles. The van der Waals surface area contributed by atoms with Crippen molar-refractivity contribution in [2.75, 3.05) is 0 Å². The van der Waals surface area contributed by atoms with Crippen LogP contribution in [0.2, 0.25) is 0 Å². The van der Waals surface area contributed by atoms with Gasteiger partial charge in [-0.05, 0) is 55.2 Å². The van der Waals surface area contributed by atoms with Crippen LogP contribution >= 0.6 is 11.6 Å². The number of rotatable bonds is 4. The van der Waals surface area contributed by atoms with Crippen LogP contribution in [-0.4, -0.2) is 5.38 Å². The molecule has 1 saturated carbocycles. The lowest BCUT2D eigenvalue weighted by Gasteiger charge is -2.33. The number of hydrogen-bond donors (Lipinski definition) is 0. The largest absolute Gasteiger partial charge is 0.416 e. The van der Waals surface area contributed by atoms with E-state index in [2.05, 4.69) is 6.92 Å². The highest BCUT2D eigenvalue weighted by Gasteiger charge is 2.31. The summed E-state index contributed by atoms with van der Waals surface area (Å²) in [4.78, 5) is 0. The minimum Gasteiger partial charge on any atom is -0.166 e. The fraction of sp³-hybridized carbons (Fsp3) is 0.647. The first-order valence-corrected chi connectivity index (χ1v) is 8.14. The van der Waals surface area contributed by atoms with Gasteiger partial charge in [-0.3, -0.25) is 0 Å². The van der Waals surface area contributed by atoms with Crippen LogP contribution in [0.5, 0.6) is 0 Å². The van der Waals surface area contributed by atoms with Crippen molar-refractivity contribution in [2.45, 2.75) is 57.0 Å². The van der Waals surface area contributed by atoms with Crippen molar-refractivity contribution < 1.29 is 13.2 Å². The Bertz CT molecular complexity index is 438. The average Bonchev–Trinajstić information content (AvgIpc) is 2.42. The zero-order chi connectivity index (χ0) is 15.5. The Morgan fingerprint density at radius 3 is 2.38 bits per heavy atom. The van der Waals surface area contributed by atoms with Crippen molar-refractivity contribution >= 4 is 11.6 Å². The van der Waals surface area contributed by atoms with E-state index < -0.39 is 11.7 Å². The van der Waals surface area contributed by atoms with Gasteiger partial charge < -0.3 is 0 Å². The summed E-state index contributed by atoms with van der Waals surface area (Å²) in [5, 5.41) is 0.153. The highest BCUT2D eigenvalue weighted by molar-refractivity contribution is 6.20. The molecule has 0 aromatic heterocycles. The first kappa shape index (κ1) is 16.7. The highest BCUT2D eigenvalue weighted by atomic mass is 35.5. The molecule has 0 amide bonds. The van der Waals surface area contributed by atoms with Crippen molar-refractivity contribution in [3.63, 3.8) is 0 Å². The van der Waals surface area contributed by atoms with Gasteiger partial charge in [-0.2, -0.15) is 13.2 Å². The van der Waals surface area contributed by atoms with E-state index in [1.807, 2.05) is 0 Å². The van der Waals surface area contributed by atoms with Crippen LogP contribution in [0, 0.1) is 11.8 Å². The summed E-state index contributed by atoms with van der Waals surface area (Å²) < 4.78 is 37.7. The molecule has 1 fully saturated rings. The van der Waals surface area contributed by atoms with E-state index in [-0.39, 0.29) is 5.38 Å². The minimum absolute atomic E-state index is 0.153. The Balaban J connectivity index is 1.99. The zero-order valence-corrected chi connectivity index (χ0v) is 13.1. The Morgan fingerprint density at radius 2 is 1.81 bits per heavy atom. The second-order valence-electron chi connectivity index (χ2n) is 6.14. The SMILES string of the molecule is CCCC1CCC(Cl)C(Cc2ccc(C(F)(F)F)cc2)C1. The van der Waals surface area contributed by atoms with Crippen molar-refractivity contribution in [2.24, 2.45) is 11.8 Å². The Morgan fingerprint density at radius 1 is 1.14 bits per heavy atom. The smallest absolute Gasteiger partial charge is 0.166 e. The topological polar surface area (TPSA) is 0 Å². The fourth-order valence-corrected chi connectivity index (χ4v) is 3.66. The van der Waals surface area contributed by atoms with E-state index in [0.29, 0.717) is 5.92 Å². The monoisotopic (exact) mass is 318 g/mol. The third kappa shape index (κ3) is 4.64. The van der Waals surface area contributed by atoms with Crippen LogP contribution in [0.1, 0.15) is 50.2 Å². The van der Waals surface area contributed by atoms with Gasteiger partial charge in [0.25, 0.3) is 0 Å². The van der Waals surface area contributed by atoms with Crippen molar-refractivity contribution in [1.29, 1.82) is 0 Å². The van der Waals surface area contributed by atoms with Crippen LogP contribution in [0.3, 0.4) is 0 Å². The minimum atomic E-state index is -4.26. The number of benzene rings is 1. The van der Waals surface area contributed by atoms with Crippen LogP contribution in [-0.2, 0) is 12.6 Å². The molecule has 0 N–H and O–H groups in total. The van der Waals surface area contributed by atoms with E-state index in [1.54, 1.807) is 12.1 Å². The molecule has 4 heteroatoms. The number of halogens is 4. The van der Waals surface area contributed by atoms with Crippen molar-refractivity contribution in [1.82, 2.24) is 0 Å². The highest BCUT2D eigenvalue weighted by Crippen LogP contribution is 2.37. The first-order chi connectivity index (χ1) is 9.90. The second kappa shape index (κ2) is 7.04. The molecule has 1 aliphatic rings. The molecule has 0 nitrogen and oxygen atoms in total. The summed E-state index contributed by atoms with van der Waals surface area (Å²) in [5.74, 6) is 1.11. The summed E-state index contributed by atoms with van der Waals surface area (Å²) in [6.45, 7) is 2.19. The van der Waals surface area contributed by atoms with Crippen LogP contribution in [0.4, 0.5) is 13.2 Å². The Hall–Kier alpha value is -0.700. The van der Waals surface area contributed by atoms with E-state index in [4.69, 9.17) is 11.6 Å². The van der Waals surface area contributed by atoms with Crippen LogP contribution in [0.25, 0.3) is 0 Å². The Labute approximate surface area is 129 Å². The molecule has 118 valence electrons. The van der Waals surface area contributed by atoms with Gasteiger partial charge in [-0.15, -0.1) is 11.6 Å². The summed E-state index contributed by atoms with van der Waals surface area (Å²) in [6, 6.07) is 5.53. The quantitative estimate of drug-likeness (QED) is 0.591. The maximum Gasteiger partial charge on any atom is 0.416 e. The zero-order valence-electron chi connectivity index (χ0n) is 12.3. The van der Waals surface area contributed by atoms with E-state index in [0.717, 1.165) is 30.7 Å². The standard InChI is InChI=1S/C17H22ClF3/c1-2-3-12-6-9-16(18)14(10-12)11-13-4-7-15(8-5-13)17(19,20)21/h4-5,7-8,12,14,16H,2-3,6,9-11H2,1H3. The molecule has 0 heterocycles. The molecule has 21 heavy (non-hydrogen) atoms.